The highest BCUT2D eigenvalue weighted by molar-refractivity contribution is 7.71. The number of H-pyrrole nitrogens is 1. The average Bonchev–Trinajstić information content (AvgIpc) is 2.74. The summed E-state index contributed by atoms with van der Waals surface area (Å²) in [6.45, 7) is 5.78. The summed E-state index contributed by atoms with van der Waals surface area (Å²) in [5, 5.41) is 2.93. The summed E-state index contributed by atoms with van der Waals surface area (Å²) >= 11 is 5.10. The minimum absolute atomic E-state index is 0.215. The van der Waals surface area contributed by atoms with Gasteiger partial charge in [-0.05, 0) is 48.0 Å². The van der Waals surface area contributed by atoms with E-state index < -0.39 is 0 Å². The lowest BCUT2D eigenvalue weighted by Crippen LogP contribution is -2.32. The molecular weight excluding hydrogens is 382 g/mol. The Labute approximate surface area is 175 Å². The molecule has 0 radical (unpaired) electrons. The van der Waals surface area contributed by atoms with Gasteiger partial charge in [-0.2, -0.15) is 0 Å². The Morgan fingerprint density at radius 1 is 1.21 bits per heavy atom. The lowest BCUT2D eigenvalue weighted by molar-refractivity contribution is 0.102. The van der Waals surface area contributed by atoms with Gasteiger partial charge in [0.2, 0.25) is 0 Å². The molecule has 6 nitrogen and oxygen atoms in total. The van der Waals surface area contributed by atoms with Crippen molar-refractivity contribution in [2.24, 2.45) is 0 Å². The molecule has 1 aliphatic heterocycles. The Hall–Kier alpha value is -3.06. The van der Waals surface area contributed by atoms with Gasteiger partial charge in [0.1, 0.15) is 11.5 Å². The van der Waals surface area contributed by atoms with E-state index >= 15 is 0 Å². The van der Waals surface area contributed by atoms with Crippen LogP contribution in [0.25, 0.3) is 0 Å². The van der Waals surface area contributed by atoms with Crippen LogP contribution in [0.1, 0.15) is 47.1 Å². The SMILES string of the molecule is CC(C)c1ccc(NC(=O)c2cccc(N3CCc4[nH]c(=S)ncc4C3)n2)cc1. The van der Waals surface area contributed by atoms with Gasteiger partial charge < -0.3 is 15.2 Å². The molecule has 7 heteroatoms. The van der Waals surface area contributed by atoms with Crippen LogP contribution in [-0.4, -0.2) is 27.4 Å². The standard InChI is InChI=1S/C22H23N5OS/c1-14(2)15-6-8-17(9-7-15)24-21(28)19-4-3-5-20(25-19)27-11-10-18-16(13-27)12-23-22(29)26-18/h3-9,12,14H,10-11,13H2,1-2H3,(H,24,28)(H,23,26,29). The van der Waals surface area contributed by atoms with Gasteiger partial charge in [0.05, 0.1) is 0 Å². The fourth-order valence-corrected chi connectivity index (χ4v) is 3.59. The molecule has 0 saturated carbocycles. The van der Waals surface area contributed by atoms with Crippen LogP contribution in [0.5, 0.6) is 0 Å². The minimum atomic E-state index is -0.215. The molecule has 0 atom stereocenters. The number of aromatic amines is 1. The van der Waals surface area contributed by atoms with E-state index in [1.165, 1.54) is 5.56 Å². The highest BCUT2D eigenvalue weighted by atomic mass is 32.1. The van der Waals surface area contributed by atoms with E-state index in [-0.39, 0.29) is 5.91 Å². The Balaban J connectivity index is 1.49. The van der Waals surface area contributed by atoms with Gasteiger partial charge in [-0.25, -0.2) is 9.97 Å². The van der Waals surface area contributed by atoms with Crippen molar-refractivity contribution in [2.75, 3.05) is 16.8 Å². The van der Waals surface area contributed by atoms with E-state index in [9.17, 15) is 4.79 Å². The summed E-state index contributed by atoms with van der Waals surface area (Å²) in [7, 11) is 0. The molecular formula is C22H23N5OS. The van der Waals surface area contributed by atoms with Crippen molar-refractivity contribution in [3.8, 4) is 0 Å². The van der Waals surface area contributed by atoms with E-state index in [0.717, 1.165) is 35.7 Å². The second-order valence-corrected chi connectivity index (χ2v) is 7.86. The summed E-state index contributed by atoms with van der Waals surface area (Å²) in [5.41, 5.74) is 4.63. The average molecular weight is 406 g/mol. The van der Waals surface area contributed by atoms with Gasteiger partial charge in [0.15, 0.2) is 4.77 Å². The number of hydrogen-bond donors (Lipinski definition) is 2. The molecule has 148 valence electrons. The third-order valence-electron chi connectivity index (χ3n) is 5.10. The monoisotopic (exact) mass is 405 g/mol. The number of pyridine rings is 1. The smallest absolute Gasteiger partial charge is 0.274 e. The molecule has 2 aromatic heterocycles. The van der Waals surface area contributed by atoms with Gasteiger partial charge in [0.25, 0.3) is 5.91 Å². The normalized spacial score (nSPS) is 13.3. The first-order chi connectivity index (χ1) is 14.0. The van der Waals surface area contributed by atoms with E-state index in [0.29, 0.717) is 22.9 Å². The lowest BCUT2D eigenvalue weighted by atomic mass is 10.0. The lowest BCUT2D eigenvalue weighted by Gasteiger charge is -2.29. The van der Waals surface area contributed by atoms with Gasteiger partial charge in [-0.3, -0.25) is 4.79 Å². The molecule has 3 aromatic rings. The van der Waals surface area contributed by atoms with Crippen LogP contribution >= 0.6 is 12.2 Å². The third kappa shape index (κ3) is 4.35. The first-order valence-corrected chi connectivity index (χ1v) is 10.1. The zero-order valence-electron chi connectivity index (χ0n) is 16.5. The van der Waals surface area contributed by atoms with Crippen molar-refractivity contribution >= 4 is 29.6 Å². The quantitative estimate of drug-likeness (QED) is 0.627. The summed E-state index contributed by atoms with van der Waals surface area (Å²) in [6, 6.07) is 13.5. The van der Waals surface area contributed by atoms with Crippen molar-refractivity contribution in [3.05, 3.63) is 75.9 Å². The zero-order chi connectivity index (χ0) is 20.4. The highest BCUT2D eigenvalue weighted by Crippen LogP contribution is 2.22. The number of benzene rings is 1. The largest absolute Gasteiger partial charge is 0.352 e. The minimum Gasteiger partial charge on any atom is -0.352 e. The molecule has 0 spiro atoms. The molecule has 1 aliphatic rings. The maximum absolute atomic E-state index is 12.7. The number of hydrogen-bond acceptors (Lipinski definition) is 5. The fraction of sp³-hybridized carbons (Fsp3) is 0.273. The van der Waals surface area contributed by atoms with Gasteiger partial charge >= 0.3 is 0 Å². The second kappa shape index (κ2) is 8.13. The topological polar surface area (TPSA) is 73.9 Å². The van der Waals surface area contributed by atoms with Crippen LogP contribution in [0.15, 0.2) is 48.7 Å². The fourth-order valence-electron chi connectivity index (χ4n) is 3.41. The molecule has 2 N–H and O–H groups in total. The summed E-state index contributed by atoms with van der Waals surface area (Å²) in [6.07, 6.45) is 2.65. The zero-order valence-corrected chi connectivity index (χ0v) is 17.3. The van der Waals surface area contributed by atoms with Gasteiger partial charge in [-0.15, -0.1) is 0 Å². The molecule has 1 aromatic carbocycles. The number of fused-ring (bicyclic) bond motifs is 1. The number of nitrogens with zero attached hydrogens (tertiary/aromatic N) is 3. The third-order valence-corrected chi connectivity index (χ3v) is 5.31. The predicted octanol–water partition coefficient (Wildman–Crippen LogP) is 4.47. The molecule has 0 fully saturated rings. The predicted molar refractivity (Wildman–Crippen MR) is 117 cm³/mol. The van der Waals surface area contributed by atoms with Crippen molar-refractivity contribution in [1.82, 2.24) is 15.0 Å². The van der Waals surface area contributed by atoms with Crippen LogP contribution in [0.2, 0.25) is 0 Å². The Morgan fingerprint density at radius 3 is 2.76 bits per heavy atom. The second-order valence-electron chi connectivity index (χ2n) is 7.48. The summed E-state index contributed by atoms with van der Waals surface area (Å²) in [5.74, 6) is 1.02. The van der Waals surface area contributed by atoms with Crippen molar-refractivity contribution in [2.45, 2.75) is 32.7 Å². The summed E-state index contributed by atoms with van der Waals surface area (Å²) < 4.78 is 0.510. The molecule has 1 amide bonds. The number of aromatic nitrogens is 3. The Bertz CT molecular complexity index is 1090. The molecule has 29 heavy (non-hydrogen) atoms. The molecule has 4 rings (SSSR count). The number of anilines is 2. The van der Waals surface area contributed by atoms with Gasteiger partial charge in [0, 0.05) is 42.7 Å². The van der Waals surface area contributed by atoms with Crippen LogP contribution in [0.3, 0.4) is 0 Å². The van der Waals surface area contributed by atoms with E-state index in [1.54, 1.807) is 6.07 Å². The van der Waals surface area contributed by atoms with E-state index in [4.69, 9.17) is 12.2 Å². The molecule has 0 aliphatic carbocycles. The van der Waals surface area contributed by atoms with Gasteiger partial charge in [-0.1, -0.05) is 32.0 Å². The maximum atomic E-state index is 12.7. The van der Waals surface area contributed by atoms with E-state index in [1.807, 2.05) is 42.6 Å². The van der Waals surface area contributed by atoms with E-state index in [2.05, 4.69) is 39.0 Å². The summed E-state index contributed by atoms with van der Waals surface area (Å²) in [4.78, 5) is 26.8. The van der Waals surface area contributed by atoms with Crippen LogP contribution in [-0.2, 0) is 13.0 Å². The number of amides is 1. The van der Waals surface area contributed by atoms with Crippen molar-refractivity contribution in [3.63, 3.8) is 0 Å². The molecule has 0 bridgehead atoms. The Kier molecular flexibility index (Phi) is 5.40. The van der Waals surface area contributed by atoms with Crippen LogP contribution in [0, 0.1) is 4.77 Å². The molecule has 3 heterocycles. The maximum Gasteiger partial charge on any atom is 0.274 e. The number of rotatable bonds is 4. The highest BCUT2D eigenvalue weighted by Gasteiger charge is 2.19. The Morgan fingerprint density at radius 2 is 2.00 bits per heavy atom. The van der Waals surface area contributed by atoms with Crippen molar-refractivity contribution < 1.29 is 4.79 Å². The van der Waals surface area contributed by atoms with Crippen LogP contribution in [0.4, 0.5) is 11.5 Å². The van der Waals surface area contributed by atoms with Crippen molar-refractivity contribution in [1.29, 1.82) is 0 Å². The van der Waals surface area contributed by atoms with Crippen LogP contribution < -0.4 is 10.2 Å². The first kappa shape index (κ1) is 19.3. The first-order valence-electron chi connectivity index (χ1n) is 9.70. The molecule has 0 saturated heterocycles. The number of nitrogens with one attached hydrogen (secondary N) is 2. The molecule has 0 unspecified atom stereocenters. The number of carbonyl (C=O) groups is 1. The number of carbonyl (C=O) groups excluding carboxylic acids is 1.